The normalized spacial score (nSPS) is 21.4. The second-order valence-electron chi connectivity index (χ2n) is 4.32. The van der Waals surface area contributed by atoms with Crippen LogP contribution < -0.4 is 0 Å². The standard InChI is InChI=1S/C9H15NO4/c1-9(2,3)14-8(13)10-5-4-6(10)7(11)12/h6H,4-5H2,1-3H3,(H,11,12). The monoisotopic (exact) mass is 201 g/mol. The van der Waals surface area contributed by atoms with Gasteiger partial charge in [-0.15, -0.1) is 0 Å². The number of likely N-dealkylation sites (tertiary alicyclic amines) is 1. The van der Waals surface area contributed by atoms with Crippen molar-refractivity contribution in [2.24, 2.45) is 0 Å². The summed E-state index contributed by atoms with van der Waals surface area (Å²) >= 11 is 0. The Kier molecular flexibility index (Phi) is 2.69. The number of hydrogen-bond donors (Lipinski definition) is 1. The number of amides is 1. The maximum Gasteiger partial charge on any atom is 0.411 e. The van der Waals surface area contributed by atoms with E-state index in [1.165, 1.54) is 4.90 Å². The zero-order valence-corrected chi connectivity index (χ0v) is 8.61. The SMILES string of the molecule is CC(C)(C)OC(=O)N1CCC1C(=O)O. The first-order valence-corrected chi connectivity index (χ1v) is 4.54. The molecule has 0 saturated carbocycles. The van der Waals surface area contributed by atoms with Crippen molar-refractivity contribution in [1.29, 1.82) is 0 Å². The van der Waals surface area contributed by atoms with Crippen molar-refractivity contribution in [2.45, 2.75) is 38.8 Å². The molecule has 1 heterocycles. The Morgan fingerprint density at radius 1 is 1.43 bits per heavy atom. The number of aliphatic carboxylic acids is 1. The van der Waals surface area contributed by atoms with Crippen LogP contribution in [0.2, 0.25) is 0 Å². The zero-order valence-electron chi connectivity index (χ0n) is 8.61. The van der Waals surface area contributed by atoms with Crippen molar-refractivity contribution >= 4 is 12.1 Å². The smallest absolute Gasteiger partial charge is 0.411 e. The van der Waals surface area contributed by atoms with E-state index >= 15 is 0 Å². The van der Waals surface area contributed by atoms with Crippen LogP contribution in [-0.2, 0) is 9.53 Å². The highest BCUT2D eigenvalue weighted by atomic mass is 16.6. The molecular formula is C9H15NO4. The van der Waals surface area contributed by atoms with Gasteiger partial charge in [0.1, 0.15) is 11.6 Å². The van der Waals surface area contributed by atoms with Gasteiger partial charge in [0.15, 0.2) is 0 Å². The molecule has 1 atom stereocenters. The molecule has 1 amide bonds. The molecule has 1 aliphatic heterocycles. The van der Waals surface area contributed by atoms with Crippen molar-refractivity contribution in [2.75, 3.05) is 6.54 Å². The Morgan fingerprint density at radius 3 is 2.29 bits per heavy atom. The lowest BCUT2D eigenvalue weighted by Crippen LogP contribution is -2.56. The lowest BCUT2D eigenvalue weighted by Gasteiger charge is -2.38. The predicted molar refractivity (Wildman–Crippen MR) is 49.0 cm³/mol. The maximum absolute atomic E-state index is 11.4. The van der Waals surface area contributed by atoms with Gasteiger partial charge >= 0.3 is 12.1 Å². The van der Waals surface area contributed by atoms with E-state index in [1.54, 1.807) is 20.8 Å². The Hall–Kier alpha value is -1.26. The van der Waals surface area contributed by atoms with Crippen LogP contribution in [0.1, 0.15) is 27.2 Å². The van der Waals surface area contributed by atoms with Gasteiger partial charge in [0.25, 0.3) is 0 Å². The van der Waals surface area contributed by atoms with E-state index in [2.05, 4.69) is 0 Å². The van der Waals surface area contributed by atoms with Gasteiger partial charge < -0.3 is 9.84 Å². The summed E-state index contributed by atoms with van der Waals surface area (Å²) in [6.07, 6.45) is -0.0367. The molecule has 0 aliphatic carbocycles. The summed E-state index contributed by atoms with van der Waals surface area (Å²) < 4.78 is 5.05. The van der Waals surface area contributed by atoms with Crippen LogP contribution in [0, 0.1) is 0 Å². The quantitative estimate of drug-likeness (QED) is 0.689. The van der Waals surface area contributed by atoms with Gasteiger partial charge in [0.2, 0.25) is 0 Å². The second-order valence-corrected chi connectivity index (χ2v) is 4.32. The molecular weight excluding hydrogens is 186 g/mol. The Bertz CT molecular complexity index is 256. The molecule has 1 rings (SSSR count). The molecule has 1 N–H and O–H groups in total. The minimum atomic E-state index is -0.970. The molecule has 0 aromatic heterocycles. The van der Waals surface area contributed by atoms with Gasteiger partial charge in [-0.1, -0.05) is 0 Å². The highest BCUT2D eigenvalue weighted by Crippen LogP contribution is 2.21. The highest BCUT2D eigenvalue weighted by molar-refractivity contribution is 5.82. The number of rotatable bonds is 1. The molecule has 0 spiro atoms. The minimum Gasteiger partial charge on any atom is -0.480 e. The Labute approximate surface area is 82.6 Å². The first-order chi connectivity index (χ1) is 6.31. The molecule has 0 aromatic rings. The average molecular weight is 201 g/mol. The van der Waals surface area contributed by atoms with Crippen molar-refractivity contribution < 1.29 is 19.4 Å². The topological polar surface area (TPSA) is 66.8 Å². The molecule has 1 saturated heterocycles. The van der Waals surface area contributed by atoms with Crippen molar-refractivity contribution in [1.82, 2.24) is 4.90 Å². The van der Waals surface area contributed by atoms with E-state index in [0.29, 0.717) is 13.0 Å². The largest absolute Gasteiger partial charge is 0.480 e. The van der Waals surface area contributed by atoms with E-state index in [9.17, 15) is 9.59 Å². The Morgan fingerprint density at radius 2 is 2.00 bits per heavy atom. The molecule has 0 aromatic carbocycles. The summed E-state index contributed by atoms with van der Waals surface area (Å²) in [4.78, 5) is 23.2. The predicted octanol–water partition coefficient (Wildman–Crippen LogP) is 1.08. The van der Waals surface area contributed by atoms with Crippen LogP contribution in [0.5, 0.6) is 0 Å². The number of carbonyl (C=O) groups is 2. The fourth-order valence-corrected chi connectivity index (χ4v) is 1.18. The third-order valence-corrected chi connectivity index (χ3v) is 1.93. The van der Waals surface area contributed by atoms with Crippen LogP contribution >= 0.6 is 0 Å². The fraction of sp³-hybridized carbons (Fsp3) is 0.778. The van der Waals surface area contributed by atoms with Gasteiger partial charge in [-0.25, -0.2) is 9.59 Å². The van der Waals surface area contributed by atoms with Crippen LogP contribution in [-0.4, -0.2) is 40.3 Å². The van der Waals surface area contributed by atoms with E-state index in [-0.39, 0.29) is 0 Å². The number of ether oxygens (including phenoxy) is 1. The van der Waals surface area contributed by atoms with Gasteiger partial charge in [-0.05, 0) is 27.2 Å². The summed E-state index contributed by atoms with van der Waals surface area (Å²) in [6, 6.07) is -0.704. The van der Waals surface area contributed by atoms with Crippen LogP contribution in [0.4, 0.5) is 4.79 Å². The van der Waals surface area contributed by atoms with E-state index in [1.807, 2.05) is 0 Å². The van der Waals surface area contributed by atoms with Crippen LogP contribution in [0.3, 0.4) is 0 Å². The number of carbonyl (C=O) groups excluding carboxylic acids is 1. The molecule has 1 unspecified atom stereocenters. The minimum absolute atomic E-state index is 0.464. The van der Waals surface area contributed by atoms with Gasteiger partial charge in [0, 0.05) is 6.54 Å². The van der Waals surface area contributed by atoms with Crippen LogP contribution in [0.25, 0.3) is 0 Å². The highest BCUT2D eigenvalue weighted by Gasteiger charge is 2.39. The molecule has 14 heavy (non-hydrogen) atoms. The van der Waals surface area contributed by atoms with Crippen molar-refractivity contribution in [3.05, 3.63) is 0 Å². The van der Waals surface area contributed by atoms with E-state index in [0.717, 1.165) is 0 Å². The average Bonchev–Trinajstić information content (AvgIpc) is 1.75. The maximum atomic E-state index is 11.4. The summed E-state index contributed by atoms with van der Waals surface area (Å²) in [5.74, 6) is -0.970. The molecule has 5 heteroatoms. The third-order valence-electron chi connectivity index (χ3n) is 1.93. The summed E-state index contributed by atoms with van der Waals surface area (Å²) in [6.45, 7) is 5.72. The summed E-state index contributed by atoms with van der Waals surface area (Å²) in [5.41, 5.74) is -0.574. The number of carboxylic acids is 1. The molecule has 1 aliphatic rings. The third kappa shape index (κ3) is 2.37. The first-order valence-electron chi connectivity index (χ1n) is 4.54. The van der Waals surface area contributed by atoms with E-state index in [4.69, 9.17) is 9.84 Å². The molecule has 5 nitrogen and oxygen atoms in total. The Balaban J connectivity index is 2.51. The van der Waals surface area contributed by atoms with E-state index < -0.39 is 23.7 Å². The van der Waals surface area contributed by atoms with Crippen molar-refractivity contribution in [3.8, 4) is 0 Å². The van der Waals surface area contributed by atoms with Crippen LogP contribution in [0.15, 0.2) is 0 Å². The second kappa shape index (κ2) is 3.48. The zero-order chi connectivity index (χ0) is 10.9. The molecule has 80 valence electrons. The number of nitrogens with zero attached hydrogens (tertiary/aromatic N) is 1. The molecule has 0 radical (unpaired) electrons. The number of hydrogen-bond acceptors (Lipinski definition) is 3. The lowest BCUT2D eigenvalue weighted by atomic mass is 10.0. The summed E-state index contributed by atoms with van der Waals surface area (Å²) in [5, 5.41) is 8.70. The lowest BCUT2D eigenvalue weighted by molar-refractivity contribution is -0.147. The molecule has 1 fully saturated rings. The first kappa shape index (κ1) is 10.8. The van der Waals surface area contributed by atoms with Crippen molar-refractivity contribution in [3.63, 3.8) is 0 Å². The molecule has 0 bridgehead atoms. The van der Waals surface area contributed by atoms with Gasteiger partial charge in [-0.3, -0.25) is 4.90 Å². The van der Waals surface area contributed by atoms with Gasteiger partial charge in [0.05, 0.1) is 0 Å². The number of carboxylic acid groups (broad SMARTS) is 1. The summed E-state index contributed by atoms with van der Waals surface area (Å²) in [7, 11) is 0. The van der Waals surface area contributed by atoms with Gasteiger partial charge in [-0.2, -0.15) is 0 Å². The fourth-order valence-electron chi connectivity index (χ4n) is 1.18.